The second-order valence-corrected chi connectivity index (χ2v) is 2.00. The van der Waals surface area contributed by atoms with Gasteiger partial charge >= 0.3 is 29.6 Å². The van der Waals surface area contributed by atoms with E-state index in [1.54, 1.807) is 18.7 Å². The minimum Gasteiger partial charge on any atom is -0.398 e. The van der Waals surface area contributed by atoms with Crippen molar-refractivity contribution in [1.29, 1.82) is 0 Å². The molecule has 0 amide bonds. The van der Waals surface area contributed by atoms with Crippen molar-refractivity contribution in [2.75, 3.05) is 0 Å². The summed E-state index contributed by atoms with van der Waals surface area (Å²) in [5, 5.41) is 55.6. The van der Waals surface area contributed by atoms with Gasteiger partial charge in [0.05, 0.1) is 6.33 Å². The van der Waals surface area contributed by atoms with Gasteiger partial charge in [0.1, 0.15) is 0 Å². The molecule has 0 aliphatic carbocycles. The molecular weight excluding hydrogens is 311 g/mol. The summed E-state index contributed by atoms with van der Waals surface area (Å²) >= 11 is 0. The van der Waals surface area contributed by atoms with Gasteiger partial charge in [-0.05, 0) is 0 Å². The van der Waals surface area contributed by atoms with Crippen molar-refractivity contribution in [1.82, 2.24) is 9.97 Å². The molecule has 0 aromatic carbocycles. The van der Waals surface area contributed by atoms with Gasteiger partial charge in [-0.3, -0.25) is 17.3 Å². The Morgan fingerprint density at radius 3 is 0.952 bits per heavy atom. The molecule has 0 bridgehead atoms. The molecule has 0 spiro atoms. The number of imidazole rings is 1. The van der Waals surface area contributed by atoms with Crippen molar-refractivity contribution in [3.63, 3.8) is 0 Å². The van der Waals surface area contributed by atoms with E-state index in [0.29, 0.717) is 0 Å². The highest BCUT2D eigenvalue weighted by Gasteiger charge is 1.98. The smallest absolute Gasteiger partial charge is 0.398 e. The Hall–Kier alpha value is -1.13. The van der Waals surface area contributed by atoms with Gasteiger partial charge in [-0.1, -0.05) is 0 Å². The van der Waals surface area contributed by atoms with Crippen molar-refractivity contribution in [3.05, 3.63) is 18.7 Å². The maximum atomic E-state index is 10.1. The van der Waals surface area contributed by atoms with Crippen LogP contribution in [0.1, 0.15) is 0 Å². The number of halogens is 4. The van der Waals surface area contributed by atoms with Crippen molar-refractivity contribution >= 4 is 29.6 Å². The van der Waals surface area contributed by atoms with E-state index in [1.807, 2.05) is 0 Å². The molecule has 0 fully saturated rings. The molecule has 0 saturated heterocycles. The quantitative estimate of drug-likeness (QED) is 0.170. The Kier molecular flexibility index (Phi) is 32.0. The minimum atomic E-state index is -2.67. The standard InChI is InChI=1S/C3H4N2.4BFH2O2/c1-2-5-3-4-1;4*2-1(3)4/h1-3H,(H,4,5);4*3-4H. The van der Waals surface area contributed by atoms with E-state index in [1.165, 1.54) is 0 Å². The first-order valence-electron chi connectivity index (χ1n) is 4.37. The highest BCUT2D eigenvalue weighted by molar-refractivity contribution is 6.32. The van der Waals surface area contributed by atoms with Crippen LogP contribution in [0.3, 0.4) is 0 Å². The first-order valence-corrected chi connectivity index (χ1v) is 4.37. The molecule has 21 heavy (non-hydrogen) atoms. The Morgan fingerprint density at radius 2 is 0.905 bits per heavy atom. The minimum absolute atomic E-state index is 1.62. The maximum Gasteiger partial charge on any atom is 0.674 e. The fraction of sp³-hybridized carbons (Fsp3) is 0. The lowest BCUT2D eigenvalue weighted by molar-refractivity contribution is 0.338. The van der Waals surface area contributed by atoms with Crippen LogP contribution < -0.4 is 0 Å². The molecule has 10 nitrogen and oxygen atoms in total. The Morgan fingerprint density at radius 1 is 0.667 bits per heavy atom. The third kappa shape index (κ3) is 359. The zero-order valence-electron chi connectivity index (χ0n) is 10.1. The zero-order valence-corrected chi connectivity index (χ0v) is 10.1. The SMILES string of the molecule is OB(O)F.OB(O)F.OB(O)F.OB(O)F.c1c[nH]cn1. The monoisotopic (exact) mass is 324 g/mol. The molecule has 18 heteroatoms. The third-order valence-electron chi connectivity index (χ3n) is 0.406. The zero-order chi connectivity index (χ0) is 17.8. The number of nitrogens with zero attached hydrogens (tertiary/aromatic N) is 1. The van der Waals surface area contributed by atoms with Crippen LogP contribution in [0.5, 0.6) is 0 Å². The summed E-state index contributed by atoms with van der Waals surface area (Å²) < 4.78 is 40.4. The van der Waals surface area contributed by atoms with Gasteiger partial charge in [-0.15, -0.1) is 0 Å². The average Bonchev–Trinajstić information content (AvgIpc) is 2.68. The topological polar surface area (TPSA) is 191 Å². The highest BCUT2D eigenvalue weighted by Crippen LogP contribution is 1.62. The van der Waals surface area contributed by atoms with E-state index in [-0.39, 0.29) is 0 Å². The number of hydrogen-bond acceptors (Lipinski definition) is 9. The van der Waals surface area contributed by atoms with E-state index < -0.39 is 29.6 Å². The largest absolute Gasteiger partial charge is 0.674 e. The number of aromatic nitrogens is 2. The van der Waals surface area contributed by atoms with Crippen LogP contribution in [-0.4, -0.2) is 79.7 Å². The van der Waals surface area contributed by atoms with Gasteiger partial charge in [-0.25, -0.2) is 4.98 Å². The van der Waals surface area contributed by atoms with Crippen molar-refractivity contribution in [2.45, 2.75) is 0 Å². The summed E-state index contributed by atoms with van der Waals surface area (Å²) in [6.45, 7) is 0. The first kappa shape index (κ1) is 28.1. The molecule has 1 heterocycles. The van der Waals surface area contributed by atoms with E-state index in [0.717, 1.165) is 0 Å². The Bertz CT molecular complexity index is 195. The molecule has 0 saturated carbocycles. The third-order valence-corrected chi connectivity index (χ3v) is 0.406. The van der Waals surface area contributed by atoms with Gasteiger partial charge in [0.25, 0.3) is 0 Å². The van der Waals surface area contributed by atoms with Gasteiger partial charge in [0.2, 0.25) is 0 Å². The second kappa shape index (κ2) is 23.9. The Balaban J connectivity index is -0.0000000866. The predicted octanol–water partition coefficient (Wildman–Crippen LogP) is -3.89. The number of hydrogen-bond donors (Lipinski definition) is 9. The lowest BCUT2D eigenvalue weighted by Gasteiger charge is -1.65. The summed E-state index contributed by atoms with van der Waals surface area (Å²) in [7, 11) is -10.7. The molecule has 0 aliphatic rings. The first-order chi connectivity index (χ1) is 9.43. The fourth-order valence-electron chi connectivity index (χ4n) is 0.215. The normalized spacial score (nSPS) is 7.05. The molecule has 122 valence electrons. The Labute approximate surface area is 117 Å². The molecule has 9 N–H and O–H groups in total. The van der Waals surface area contributed by atoms with Gasteiger partial charge in [0.15, 0.2) is 0 Å². The second-order valence-electron chi connectivity index (χ2n) is 2.00. The molecule has 1 aromatic heterocycles. The predicted molar refractivity (Wildman–Crippen MR) is 63.8 cm³/mol. The van der Waals surface area contributed by atoms with Crippen LogP contribution in [0, 0.1) is 0 Å². The van der Waals surface area contributed by atoms with Crippen molar-refractivity contribution < 1.29 is 57.5 Å². The molecular formula is C3H12B4F4N2O8. The van der Waals surface area contributed by atoms with E-state index in [4.69, 9.17) is 40.2 Å². The van der Waals surface area contributed by atoms with Crippen LogP contribution in [0.15, 0.2) is 18.7 Å². The van der Waals surface area contributed by atoms with E-state index in [9.17, 15) is 17.3 Å². The number of nitrogens with one attached hydrogen (secondary N) is 1. The van der Waals surface area contributed by atoms with Crippen LogP contribution in [0.25, 0.3) is 0 Å². The lowest BCUT2D eigenvalue weighted by atomic mass is 10.3. The molecule has 0 aliphatic heterocycles. The molecule has 0 radical (unpaired) electrons. The summed E-state index contributed by atoms with van der Waals surface area (Å²) in [5.41, 5.74) is 0. The summed E-state index contributed by atoms with van der Waals surface area (Å²) in [6, 6.07) is 0. The van der Waals surface area contributed by atoms with Gasteiger partial charge < -0.3 is 45.2 Å². The lowest BCUT2D eigenvalue weighted by Crippen LogP contribution is -1.98. The van der Waals surface area contributed by atoms with E-state index in [2.05, 4.69) is 9.97 Å². The highest BCUT2D eigenvalue weighted by atomic mass is 19.1. The average molecular weight is 323 g/mol. The fourth-order valence-corrected chi connectivity index (χ4v) is 0.215. The van der Waals surface area contributed by atoms with Gasteiger partial charge in [0, 0.05) is 12.4 Å². The molecule has 0 unspecified atom stereocenters. The summed E-state index contributed by atoms with van der Waals surface area (Å²) in [6.07, 6.45) is 5.08. The van der Waals surface area contributed by atoms with Crippen LogP contribution in [0.4, 0.5) is 17.3 Å². The van der Waals surface area contributed by atoms with Crippen LogP contribution in [0.2, 0.25) is 0 Å². The van der Waals surface area contributed by atoms with Gasteiger partial charge in [-0.2, -0.15) is 0 Å². The molecule has 1 rings (SSSR count). The van der Waals surface area contributed by atoms with Crippen molar-refractivity contribution in [3.8, 4) is 0 Å². The summed E-state index contributed by atoms with van der Waals surface area (Å²) in [4.78, 5) is 6.42. The maximum absolute atomic E-state index is 10.1. The van der Waals surface area contributed by atoms with Crippen LogP contribution in [-0.2, 0) is 0 Å². The van der Waals surface area contributed by atoms with Crippen molar-refractivity contribution in [2.24, 2.45) is 0 Å². The molecule has 1 aromatic rings. The number of rotatable bonds is 0. The summed E-state index contributed by atoms with van der Waals surface area (Å²) in [5.74, 6) is 0. The number of H-pyrrole nitrogens is 1. The van der Waals surface area contributed by atoms with Crippen LogP contribution >= 0.6 is 0 Å². The molecule has 0 atom stereocenters. The number of aromatic amines is 1. The van der Waals surface area contributed by atoms with E-state index >= 15 is 0 Å².